The number of nitrogen functional groups attached to an aromatic ring is 1. The molecule has 0 fully saturated rings. The number of hydrogen-bond acceptors (Lipinski definition) is 5. The number of carbonyl (C=O) groups excluding carboxylic acids is 1. The van der Waals surface area contributed by atoms with E-state index in [1.807, 2.05) is 42.5 Å². The van der Waals surface area contributed by atoms with E-state index in [2.05, 4.69) is 10.3 Å². The Morgan fingerprint density at radius 3 is 2.38 bits per heavy atom. The van der Waals surface area contributed by atoms with Crippen LogP contribution >= 0.6 is 0 Å². The van der Waals surface area contributed by atoms with Crippen LogP contribution in [0.4, 0.5) is 5.82 Å². The van der Waals surface area contributed by atoms with Gasteiger partial charge in [-0.15, -0.1) is 0 Å². The molecule has 0 unspecified atom stereocenters. The molecule has 0 aliphatic heterocycles. The highest BCUT2D eigenvalue weighted by Gasteiger charge is 2.13. The molecule has 0 atom stereocenters. The van der Waals surface area contributed by atoms with Gasteiger partial charge in [0, 0.05) is 35.5 Å². The Labute approximate surface area is 169 Å². The molecule has 29 heavy (non-hydrogen) atoms. The standard InChI is InChI=1S/C23H23N5O/c24-20(16-7-2-1-3-8-16)15-21(25)18-10-4-5-11-19(18)23(29)27-14-13-17-9-6-12-22(26)28-17/h1-12,15,25H,13-14,24H2,(H2,26,28)(H,27,29)/b20-15-,25-21?. The maximum atomic E-state index is 12.7. The second-order valence-electron chi connectivity index (χ2n) is 6.48. The highest BCUT2D eigenvalue weighted by Crippen LogP contribution is 2.14. The van der Waals surface area contributed by atoms with E-state index >= 15 is 0 Å². The fourth-order valence-electron chi connectivity index (χ4n) is 2.90. The predicted octanol–water partition coefficient (Wildman–Crippen LogP) is 3.00. The van der Waals surface area contributed by atoms with E-state index in [0.29, 0.717) is 35.6 Å². The van der Waals surface area contributed by atoms with Gasteiger partial charge in [0.1, 0.15) is 5.82 Å². The van der Waals surface area contributed by atoms with Crippen LogP contribution in [0, 0.1) is 5.41 Å². The molecule has 1 aromatic heterocycles. The van der Waals surface area contributed by atoms with Crippen LogP contribution in [-0.2, 0) is 6.42 Å². The van der Waals surface area contributed by atoms with E-state index in [1.54, 1.807) is 36.4 Å². The van der Waals surface area contributed by atoms with Gasteiger partial charge >= 0.3 is 0 Å². The molecule has 0 aliphatic carbocycles. The zero-order valence-electron chi connectivity index (χ0n) is 15.9. The Kier molecular flexibility index (Phi) is 6.37. The van der Waals surface area contributed by atoms with Gasteiger partial charge in [-0.3, -0.25) is 4.79 Å². The molecule has 1 amide bonds. The summed E-state index contributed by atoms with van der Waals surface area (Å²) in [4.78, 5) is 16.9. The first-order valence-electron chi connectivity index (χ1n) is 9.25. The first kappa shape index (κ1) is 19.8. The van der Waals surface area contributed by atoms with Crippen molar-refractivity contribution in [2.75, 3.05) is 12.3 Å². The highest BCUT2D eigenvalue weighted by atomic mass is 16.1. The number of benzene rings is 2. The summed E-state index contributed by atoms with van der Waals surface area (Å²) < 4.78 is 0. The van der Waals surface area contributed by atoms with Gasteiger partial charge < -0.3 is 22.2 Å². The third-order valence-corrected chi connectivity index (χ3v) is 4.36. The molecule has 6 heteroatoms. The summed E-state index contributed by atoms with van der Waals surface area (Å²) in [6, 6.07) is 21.9. The van der Waals surface area contributed by atoms with Crippen molar-refractivity contribution in [2.45, 2.75) is 6.42 Å². The van der Waals surface area contributed by atoms with Gasteiger partial charge in [-0.2, -0.15) is 0 Å². The van der Waals surface area contributed by atoms with Crippen LogP contribution in [0.3, 0.4) is 0 Å². The fourth-order valence-corrected chi connectivity index (χ4v) is 2.90. The number of hydrogen-bond donors (Lipinski definition) is 4. The molecule has 0 radical (unpaired) electrons. The number of aromatic nitrogens is 1. The van der Waals surface area contributed by atoms with Crippen LogP contribution in [0.5, 0.6) is 0 Å². The molecular formula is C23H23N5O. The molecule has 2 aromatic carbocycles. The van der Waals surface area contributed by atoms with Crippen LogP contribution in [0.25, 0.3) is 5.70 Å². The molecule has 6 N–H and O–H groups in total. The van der Waals surface area contributed by atoms with E-state index in [9.17, 15) is 4.79 Å². The molecule has 146 valence electrons. The number of nitrogens with zero attached hydrogens (tertiary/aromatic N) is 1. The van der Waals surface area contributed by atoms with Crippen molar-refractivity contribution < 1.29 is 4.79 Å². The van der Waals surface area contributed by atoms with E-state index in [4.69, 9.17) is 16.9 Å². The second kappa shape index (κ2) is 9.32. The Balaban J connectivity index is 1.70. The Morgan fingerprint density at radius 2 is 1.66 bits per heavy atom. The minimum Gasteiger partial charge on any atom is -0.398 e. The van der Waals surface area contributed by atoms with Gasteiger partial charge in [0.15, 0.2) is 0 Å². The van der Waals surface area contributed by atoms with Crippen LogP contribution in [0.2, 0.25) is 0 Å². The van der Waals surface area contributed by atoms with Crippen molar-refractivity contribution in [3.63, 3.8) is 0 Å². The number of carbonyl (C=O) groups is 1. The minimum atomic E-state index is -0.249. The molecule has 0 saturated carbocycles. The summed E-state index contributed by atoms with van der Waals surface area (Å²) in [5.41, 5.74) is 15.0. The topological polar surface area (TPSA) is 118 Å². The Morgan fingerprint density at radius 1 is 0.966 bits per heavy atom. The normalized spacial score (nSPS) is 11.1. The number of allylic oxidation sites excluding steroid dienone is 1. The van der Waals surface area contributed by atoms with Gasteiger partial charge in [0.25, 0.3) is 5.91 Å². The van der Waals surface area contributed by atoms with Crippen molar-refractivity contribution >= 4 is 23.1 Å². The van der Waals surface area contributed by atoms with Crippen LogP contribution in [0.1, 0.15) is 27.2 Å². The lowest BCUT2D eigenvalue weighted by Gasteiger charge is -2.10. The quantitative estimate of drug-likeness (QED) is 0.468. The van der Waals surface area contributed by atoms with Crippen LogP contribution in [-0.4, -0.2) is 23.1 Å². The van der Waals surface area contributed by atoms with Crippen molar-refractivity contribution in [2.24, 2.45) is 5.73 Å². The number of nitrogens with one attached hydrogen (secondary N) is 2. The lowest BCUT2D eigenvalue weighted by molar-refractivity contribution is 0.0954. The molecule has 1 heterocycles. The van der Waals surface area contributed by atoms with Crippen LogP contribution in [0.15, 0.2) is 78.9 Å². The van der Waals surface area contributed by atoms with E-state index < -0.39 is 0 Å². The number of rotatable bonds is 7. The molecule has 0 saturated heterocycles. The van der Waals surface area contributed by atoms with Gasteiger partial charge in [-0.1, -0.05) is 54.6 Å². The lowest BCUT2D eigenvalue weighted by atomic mass is 10.0. The van der Waals surface area contributed by atoms with Gasteiger partial charge in [-0.05, 0) is 29.8 Å². The first-order chi connectivity index (χ1) is 14.0. The molecule has 6 nitrogen and oxygen atoms in total. The number of nitrogens with two attached hydrogens (primary N) is 2. The maximum absolute atomic E-state index is 12.7. The SMILES string of the molecule is N=C(/C=C(\N)c1ccccc1)c1ccccc1C(=O)NCCc1cccc(N)n1. The molecule has 3 rings (SSSR count). The van der Waals surface area contributed by atoms with Crippen molar-refractivity contribution in [3.05, 3.63) is 101 Å². The van der Waals surface area contributed by atoms with E-state index in [0.717, 1.165) is 11.3 Å². The smallest absolute Gasteiger partial charge is 0.251 e. The van der Waals surface area contributed by atoms with Crippen LogP contribution < -0.4 is 16.8 Å². The monoisotopic (exact) mass is 385 g/mol. The maximum Gasteiger partial charge on any atom is 0.251 e. The van der Waals surface area contributed by atoms with E-state index in [1.165, 1.54) is 0 Å². The summed E-state index contributed by atoms with van der Waals surface area (Å²) in [6.07, 6.45) is 2.13. The Bertz CT molecular complexity index is 1040. The Hall–Kier alpha value is -3.93. The summed E-state index contributed by atoms with van der Waals surface area (Å²) in [5.74, 6) is 0.205. The second-order valence-corrected chi connectivity index (χ2v) is 6.48. The fraction of sp³-hybridized carbons (Fsp3) is 0.0870. The average Bonchev–Trinajstić information content (AvgIpc) is 2.74. The van der Waals surface area contributed by atoms with Crippen molar-refractivity contribution in [1.29, 1.82) is 5.41 Å². The first-order valence-corrected chi connectivity index (χ1v) is 9.25. The molecule has 0 spiro atoms. The minimum absolute atomic E-state index is 0.176. The third kappa shape index (κ3) is 5.29. The molecule has 0 bridgehead atoms. The summed E-state index contributed by atoms with van der Waals surface area (Å²) >= 11 is 0. The third-order valence-electron chi connectivity index (χ3n) is 4.36. The van der Waals surface area contributed by atoms with Gasteiger partial charge in [0.05, 0.1) is 5.71 Å². The zero-order chi connectivity index (χ0) is 20.6. The summed E-state index contributed by atoms with van der Waals surface area (Å²) in [5, 5.41) is 11.3. The van der Waals surface area contributed by atoms with Crippen molar-refractivity contribution in [1.82, 2.24) is 10.3 Å². The predicted molar refractivity (Wildman–Crippen MR) is 117 cm³/mol. The lowest BCUT2D eigenvalue weighted by Crippen LogP contribution is -2.27. The number of anilines is 1. The average molecular weight is 385 g/mol. The number of pyridine rings is 1. The number of amides is 1. The van der Waals surface area contributed by atoms with Gasteiger partial charge in [-0.25, -0.2) is 4.98 Å². The van der Waals surface area contributed by atoms with Gasteiger partial charge in [0.2, 0.25) is 0 Å². The van der Waals surface area contributed by atoms with Crippen molar-refractivity contribution in [3.8, 4) is 0 Å². The largest absolute Gasteiger partial charge is 0.398 e. The molecule has 3 aromatic rings. The summed E-state index contributed by atoms with van der Waals surface area (Å²) in [7, 11) is 0. The van der Waals surface area contributed by atoms with E-state index in [-0.39, 0.29) is 11.6 Å². The molecular weight excluding hydrogens is 362 g/mol. The summed E-state index contributed by atoms with van der Waals surface area (Å²) in [6.45, 7) is 0.416. The zero-order valence-corrected chi connectivity index (χ0v) is 15.9. The highest BCUT2D eigenvalue weighted by molar-refractivity contribution is 6.15. The molecule has 0 aliphatic rings.